The fourth-order valence-electron chi connectivity index (χ4n) is 2.00. The number of aliphatic hydroxyl groups excluding tert-OH is 1. The summed E-state index contributed by atoms with van der Waals surface area (Å²) in [4.78, 5) is 59.0. The van der Waals surface area contributed by atoms with E-state index in [0.717, 1.165) is 0 Å². The number of amides is 4. The van der Waals surface area contributed by atoms with E-state index in [0.29, 0.717) is 5.75 Å². The molecule has 0 spiro atoms. The van der Waals surface area contributed by atoms with Crippen molar-refractivity contribution in [1.82, 2.24) is 16.0 Å². The molecule has 29 heavy (non-hydrogen) atoms. The Kier molecular flexibility index (Phi) is 13.0. The number of carboxylic acid groups (broad SMARTS) is 1. The van der Waals surface area contributed by atoms with E-state index < -0.39 is 66.8 Å². The molecule has 4 amide bonds. The summed E-state index contributed by atoms with van der Waals surface area (Å²) in [5.74, 6) is -4.44. The molecule has 0 rings (SSSR count). The maximum absolute atomic E-state index is 12.4. The molecule has 0 fully saturated rings. The van der Waals surface area contributed by atoms with Crippen molar-refractivity contribution in [2.75, 3.05) is 24.4 Å². The number of primary amides is 1. The lowest BCUT2D eigenvalue weighted by molar-refractivity contribution is -0.142. The fraction of sp³-hybridized carbons (Fsp3) is 0.667. The van der Waals surface area contributed by atoms with E-state index >= 15 is 0 Å². The Hall–Kier alpha value is -2.03. The van der Waals surface area contributed by atoms with Gasteiger partial charge in [0.1, 0.15) is 24.2 Å². The second-order valence-electron chi connectivity index (χ2n) is 5.95. The molecule has 9 N–H and O–H groups in total. The molecule has 0 aliphatic heterocycles. The number of aliphatic carboxylic acids is 1. The quantitative estimate of drug-likeness (QED) is 0.122. The summed E-state index contributed by atoms with van der Waals surface area (Å²) in [6, 6.07) is -5.16. The maximum atomic E-state index is 12.4. The fourth-order valence-corrected chi connectivity index (χ4v) is 2.73. The minimum Gasteiger partial charge on any atom is -0.480 e. The lowest BCUT2D eigenvalue weighted by Gasteiger charge is -2.23. The summed E-state index contributed by atoms with van der Waals surface area (Å²) in [6.45, 7) is -0.689. The highest BCUT2D eigenvalue weighted by Gasteiger charge is 2.30. The Morgan fingerprint density at radius 1 is 1.00 bits per heavy atom. The first-order valence-corrected chi connectivity index (χ1v) is 10.5. The van der Waals surface area contributed by atoms with Crippen LogP contribution in [-0.4, -0.2) is 88.3 Å². The topological polar surface area (TPSA) is 214 Å². The number of carbonyl (C=O) groups excluding carboxylic acids is 4. The SMILES string of the molecule is CSCCC(NC(=O)C(CS)NC(=O)C(CC(N)=O)NC(=O)C(N)CO)C(=O)O. The van der Waals surface area contributed by atoms with Gasteiger partial charge in [-0.3, -0.25) is 19.2 Å². The van der Waals surface area contributed by atoms with Crippen molar-refractivity contribution in [1.29, 1.82) is 0 Å². The van der Waals surface area contributed by atoms with Gasteiger partial charge in [0.15, 0.2) is 0 Å². The van der Waals surface area contributed by atoms with Crippen LogP contribution in [-0.2, 0) is 24.0 Å². The third-order valence-electron chi connectivity index (χ3n) is 3.61. The highest BCUT2D eigenvalue weighted by atomic mass is 32.2. The van der Waals surface area contributed by atoms with Gasteiger partial charge in [-0.2, -0.15) is 24.4 Å². The Labute approximate surface area is 177 Å². The molecule has 12 nitrogen and oxygen atoms in total. The third-order valence-corrected chi connectivity index (χ3v) is 4.62. The molecule has 0 aromatic heterocycles. The third kappa shape index (κ3) is 10.3. The molecule has 0 radical (unpaired) electrons. The van der Waals surface area contributed by atoms with Crippen molar-refractivity contribution < 1.29 is 34.2 Å². The normalized spacial score (nSPS) is 14.8. The predicted molar refractivity (Wildman–Crippen MR) is 109 cm³/mol. The Balaban J connectivity index is 5.16. The van der Waals surface area contributed by atoms with Gasteiger partial charge < -0.3 is 37.6 Å². The van der Waals surface area contributed by atoms with Gasteiger partial charge in [0.2, 0.25) is 23.6 Å². The van der Waals surface area contributed by atoms with Gasteiger partial charge >= 0.3 is 5.97 Å². The van der Waals surface area contributed by atoms with Crippen molar-refractivity contribution in [2.45, 2.75) is 37.0 Å². The Bertz CT molecular complexity index is 608. The van der Waals surface area contributed by atoms with Gasteiger partial charge in [-0.15, -0.1) is 0 Å². The van der Waals surface area contributed by atoms with Gasteiger partial charge in [0.05, 0.1) is 13.0 Å². The second-order valence-corrected chi connectivity index (χ2v) is 7.30. The summed E-state index contributed by atoms with van der Waals surface area (Å²) in [7, 11) is 0. The van der Waals surface area contributed by atoms with Crippen molar-refractivity contribution in [3.05, 3.63) is 0 Å². The van der Waals surface area contributed by atoms with E-state index in [1.807, 2.05) is 0 Å². The number of rotatable bonds is 14. The molecule has 0 aromatic rings. The largest absolute Gasteiger partial charge is 0.480 e. The summed E-state index contributed by atoms with van der Waals surface area (Å²) in [5, 5.41) is 24.8. The number of thiol groups is 1. The number of hydrogen-bond acceptors (Lipinski definition) is 9. The first kappa shape index (κ1) is 27.0. The molecule has 14 heteroatoms. The molecule has 0 bridgehead atoms. The summed E-state index contributed by atoms with van der Waals surface area (Å²) in [6.07, 6.45) is 1.38. The van der Waals surface area contributed by atoms with Crippen molar-refractivity contribution in [2.24, 2.45) is 11.5 Å². The monoisotopic (exact) mass is 453 g/mol. The van der Waals surface area contributed by atoms with Gasteiger partial charge in [-0.25, -0.2) is 4.79 Å². The molecule has 0 aliphatic rings. The first-order chi connectivity index (χ1) is 13.6. The van der Waals surface area contributed by atoms with Crippen LogP contribution in [0.5, 0.6) is 0 Å². The van der Waals surface area contributed by atoms with Crippen molar-refractivity contribution in [3.63, 3.8) is 0 Å². The second kappa shape index (κ2) is 14.0. The van der Waals surface area contributed by atoms with E-state index in [1.54, 1.807) is 6.26 Å². The van der Waals surface area contributed by atoms with E-state index in [-0.39, 0.29) is 12.2 Å². The number of hydrogen-bond donors (Lipinski definition) is 8. The molecule has 0 saturated heterocycles. The smallest absolute Gasteiger partial charge is 0.326 e. The van der Waals surface area contributed by atoms with Crippen LogP contribution in [0.15, 0.2) is 0 Å². The zero-order valence-corrected chi connectivity index (χ0v) is 17.5. The van der Waals surface area contributed by atoms with Gasteiger partial charge in [0, 0.05) is 5.75 Å². The molecule has 4 unspecified atom stereocenters. The van der Waals surface area contributed by atoms with Crippen LogP contribution >= 0.6 is 24.4 Å². The number of carboxylic acids is 1. The van der Waals surface area contributed by atoms with Crippen LogP contribution in [0.4, 0.5) is 0 Å². The lowest BCUT2D eigenvalue weighted by Crippen LogP contribution is -2.58. The van der Waals surface area contributed by atoms with Crippen LogP contribution in [0.3, 0.4) is 0 Å². The average Bonchev–Trinajstić information content (AvgIpc) is 2.66. The average molecular weight is 454 g/mol. The maximum Gasteiger partial charge on any atom is 0.326 e. The minimum atomic E-state index is -1.44. The minimum absolute atomic E-state index is 0.175. The number of nitrogens with two attached hydrogens (primary N) is 2. The molecule has 0 heterocycles. The Morgan fingerprint density at radius 2 is 1.52 bits per heavy atom. The molecule has 0 aliphatic carbocycles. The molecular weight excluding hydrogens is 426 g/mol. The van der Waals surface area contributed by atoms with Crippen LogP contribution in [0.2, 0.25) is 0 Å². The van der Waals surface area contributed by atoms with Gasteiger partial charge in [-0.1, -0.05) is 0 Å². The van der Waals surface area contributed by atoms with E-state index in [2.05, 4.69) is 28.6 Å². The van der Waals surface area contributed by atoms with Gasteiger partial charge in [0.25, 0.3) is 0 Å². The highest BCUT2D eigenvalue weighted by Crippen LogP contribution is 2.03. The summed E-state index contributed by atoms with van der Waals surface area (Å²) >= 11 is 5.38. The molecule has 4 atom stereocenters. The van der Waals surface area contributed by atoms with E-state index in [1.165, 1.54) is 11.8 Å². The van der Waals surface area contributed by atoms with Crippen molar-refractivity contribution in [3.8, 4) is 0 Å². The molecule has 0 aromatic carbocycles. The zero-order valence-electron chi connectivity index (χ0n) is 15.8. The number of thioether (sulfide) groups is 1. The van der Waals surface area contributed by atoms with E-state index in [9.17, 15) is 29.1 Å². The van der Waals surface area contributed by atoms with Gasteiger partial charge in [-0.05, 0) is 18.4 Å². The van der Waals surface area contributed by atoms with Crippen LogP contribution in [0, 0.1) is 0 Å². The predicted octanol–water partition coefficient (Wildman–Crippen LogP) is -3.60. The standard InChI is InChI=1S/C15H27N5O7S2/c1-29-3-2-8(15(26)27)18-14(25)10(6-28)20-13(24)9(4-11(17)22)19-12(23)7(16)5-21/h7-10,21,28H,2-6,16H2,1H3,(H2,17,22)(H,18,25)(H,19,23)(H,20,24)(H,26,27). The van der Waals surface area contributed by atoms with E-state index in [4.69, 9.17) is 16.6 Å². The summed E-state index contributed by atoms with van der Waals surface area (Å²) < 4.78 is 0. The first-order valence-electron chi connectivity index (χ1n) is 8.45. The molecule has 0 saturated carbocycles. The van der Waals surface area contributed by atoms with Crippen LogP contribution in [0.25, 0.3) is 0 Å². The molecule has 166 valence electrons. The summed E-state index contributed by atoms with van der Waals surface area (Å²) in [5.41, 5.74) is 10.4. The number of aliphatic hydroxyl groups is 1. The van der Waals surface area contributed by atoms with Crippen LogP contribution < -0.4 is 27.4 Å². The Morgan fingerprint density at radius 3 is 1.97 bits per heavy atom. The number of carbonyl (C=O) groups is 5. The lowest BCUT2D eigenvalue weighted by atomic mass is 10.1. The van der Waals surface area contributed by atoms with Crippen LogP contribution in [0.1, 0.15) is 12.8 Å². The number of nitrogens with one attached hydrogen (secondary N) is 3. The highest BCUT2D eigenvalue weighted by molar-refractivity contribution is 7.98. The zero-order chi connectivity index (χ0) is 22.6. The van der Waals surface area contributed by atoms with Crippen molar-refractivity contribution >= 4 is 54.0 Å². The molecular formula is C15H27N5O7S2.